The predicted octanol–water partition coefficient (Wildman–Crippen LogP) is 3.89. The fourth-order valence-corrected chi connectivity index (χ4v) is 3.28. The topological polar surface area (TPSA) is 84.6 Å². The number of nitrogens with two attached hydrogens (primary N) is 1. The molecule has 0 radical (unpaired) electrons. The first kappa shape index (κ1) is 24.7. The molecule has 0 spiro atoms. The van der Waals surface area contributed by atoms with Crippen LogP contribution in [0.2, 0.25) is 0 Å². The summed E-state index contributed by atoms with van der Waals surface area (Å²) in [7, 11) is 3.39. The van der Waals surface area contributed by atoms with Crippen molar-refractivity contribution in [3.8, 4) is 23.8 Å². The number of terminal acetylenes is 1. The van der Waals surface area contributed by atoms with Crippen molar-refractivity contribution in [2.45, 2.75) is 32.6 Å². The third kappa shape index (κ3) is 10.7. The summed E-state index contributed by atoms with van der Waals surface area (Å²) in [6.07, 6.45) is 9.55. The number of ether oxygens (including phenoxy) is 2. The van der Waals surface area contributed by atoms with Crippen LogP contribution in [0.25, 0.3) is 0 Å². The fourth-order valence-electron chi connectivity index (χ4n) is 3.28. The van der Waals surface area contributed by atoms with Gasteiger partial charge in [-0.15, -0.1) is 12.3 Å². The third-order valence-electron chi connectivity index (χ3n) is 4.57. The van der Waals surface area contributed by atoms with Gasteiger partial charge < -0.3 is 14.0 Å². The summed E-state index contributed by atoms with van der Waals surface area (Å²) in [4.78, 5) is 0. The highest BCUT2D eigenvalue weighted by molar-refractivity contribution is 7.76. The van der Waals surface area contributed by atoms with Gasteiger partial charge in [-0.25, -0.2) is 0 Å². The van der Waals surface area contributed by atoms with Crippen molar-refractivity contribution in [3.63, 3.8) is 0 Å². The maximum Gasteiger partial charge on any atom is 0.118 e. The van der Waals surface area contributed by atoms with Gasteiger partial charge in [0, 0.05) is 17.7 Å². The Labute approximate surface area is 177 Å². The Hall–Kier alpha value is -2.33. The molecule has 0 heterocycles. The summed E-state index contributed by atoms with van der Waals surface area (Å²) < 4.78 is 28.1. The number of hydrogen-bond acceptors (Lipinski definition) is 4. The largest absolute Gasteiger partial charge is 0.760 e. The smallest absolute Gasteiger partial charge is 0.118 e. The third-order valence-corrected chi connectivity index (χ3v) is 4.57. The number of methoxy groups -OCH3 is 2. The van der Waals surface area contributed by atoms with E-state index in [-0.39, 0.29) is 0 Å². The highest BCUT2D eigenvalue weighted by atomic mass is 32.2. The molecule has 0 aromatic heterocycles. The predicted molar refractivity (Wildman–Crippen MR) is 117 cm³/mol. The van der Waals surface area contributed by atoms with Gasteiger partial charge in [-0.3, -0.25) is 9.35 Å². The molecular formula is C23H30NO4S-. The second kappa shape index (κ2) is 13.8. The fraction of sp³-hybridized carbons (Fsp3) is 0.391. The molecule has 2 rings (SSSR count). The van der Waals surface area contributed by atoms with Crippen molar-refractivity contribution in [3.05, 3.63) is 59.7 Å². The van der Waals surface area contributed by atoms with Crippen LogP contribution in [-0.4, -0.2) is 23.0 Å². The van der Waals surface area contributed by atoms with E-state index in [0.717, 1.165) is 37.2 Å². The minimum Gasteiger partial charge on any atom is -0.760 e. The van der Waals surface area contributed by atoms with Crippen molar-refractivity contribution in [2.75, 3.05) is 14.2 Å². The molecule has 0 aliphatic heterocycles. The van der Waals surface area contributed by atoms with E-state index in [1.165, 1.54) is 11.1 Å². The van der Waals surface area contributed by atoms with Crippen LogP contribution in [0.4, 0.5) is 0 Å². The van der Waals surface area contributed by atoms with E-state index in [0.29, 0.717) is 11.8 Å². The zero-order valence-corrected chi connectivity index (χ0v) is 18.1. The van der Waals surface area contributed by atoms with Gasteiger partial charge in [0.15, 0.2) is 0 Å². The summed E-state index contributed by atoms with van der Waals surface area (Å²) in [5.41, 5.74) is 2.68. The number of rotatable bonds is 9. The Morgan fingerprint density at radius 3 is 1.69 bits per heavy atom. The van der Waals surface area contributed by atoms with Crippen molar-refractivity contribution in [1.29, 1.82) is 0 Å². The second-order valence-electron chi connectivity index (χ2n) is 6.98. The summed E-state index contributed by atoms with van der Waals surface area (Å²) in [5.74, 6) is 5.69. The first-order chi connectivity index (χ1) is 13.9. The van der Waals surface area contributed by atoms with Crippen molar-refractivity contribution >= 4 is 11.3 Å². The van der Waals surface area contributed by atoms with Crippen LogP contribution in [0.1, 0.15) is 30.9 Å². The van der Waals surface area contributed by atoms with E-state index in [9.17, 15) is 0 Å². The molecule has 0 fully saturated rings. The molecule has 0 bridgehead atoms. The first-order valence-electron chi connectivity index (χ1n) is 9.40. The van der Waals surface area contributed by atoms with Crippen molar-refractivity contribution in [1.82, 2.24) is 0 Å². The molecule has 2 N–H and O–H groups in total. The Kier molecular flexibility index (Phi) is 11.7. The molecule has 0 saturated heterocycles. The molecular weight excluding hydrogens is 386 g/mol. The van der Waals surface area contributed by atoms with E-state index in [1.54, 1.807) is 14.2 Å². The quantitative estimate of drug-likeness (QED) is 0.496. The Bertz CT molecular complexity index is 715. The van der Waals surface area contributed by atoms with E-state index < -0.39 is 11.3 Å². The first-order valence-corrected chi connectivity index (χ1v) is 10.5. The Morgan fingerprint density at radius 1 is 1.00 bits per heavy atom. The maximum atomic E-state index is 8.78. The zero-order chi connectivity index (χ0) is 21.6. The molecule has 0 amide bonds. The van der Waals surface area contributed by atoms with Crippen LogP contribution in [0.15, 0.2) is 48.5 Å². The van der Waals surface area contributed by atoms with E-state index in [4.69, 9.17) is 24.7 Å². The van der Waals surface area contributed by atoms with E-state index >= 15 is 0 Å². The normalized spacial score (nSPS) is 12.3. The molecule has 5 nitrogen and oxygen atoms in total. The molecule has 158 valence electrons. The van der Waals surface area contributed by atoms with Gasteiger partial charge in [0.05, 0.1) is 14.2 Å². The van der Waals surface area contributed by atoms with Crippen LogP contribution < -0.4 is 14.6 Å². The average Bonchev–Trinajstić information content (AvgIpc) is 2.69. The van der Waals surface area contributed by atoms with Gasteiger partial charge in [-0.1, -0.05) is 31.2 Å². The molecule has 0 saturated carbocycles. The molecule has 29 heavy (non-hydrogen) atoms. The highest BCUT2D eigenvalue weighted by Crippen LogP contribution is 2.25. The molecule has 0 aliphatic carbocycles. The standard InChI is InChI=1S/C23H28O2.H3NO2S/c1-5-6-18(2)15-21(16-19-7-11-22(24-3)12-8-19)17-20-9-13-23(25-4)14-10-20;1-4(2)3/h1,7-14,18,21H,6,15-17H2,2-4H3;1H2,(H,2,3)/p-1. The van der Waals surface area contributed by atoms with Gasteiger partial charge in [0.25, 0.3) is 0 Å². The monoisotopic (exact) mass is 416 g/mol. The van der Waals surface area contributed by atoms with Crippen LogP contribution in [0, 0.1) is 24.2 Å². The summed E-state index contributed by atoms with van der Waals surface area (Å²) in [6.45, 7) is 2.24. The minimum absolute atomic E-state index is 0.534. The summed E-state index contributed by atoms with van der Waals surface area (Å²) in [5, 5.41) is 4.03. The number of hydrogen-bond donors (Lipinski definition) is 1. The van der Waals surface area contributed by atoms with Crippen LogP contribution in [0.5, 0.6) is 11.5 Å². The van der Waals surface area contributed by atoms with Gasteiger partial charge in [-0.2, -0.15) is 0 Å². The summed E-state index contributed by atoms with van der Waals surface area (Å²) >= 11 is -2.36. The highest BCUT2D eigenvalue weighted by Gasteiger charge is 2.15. The van der Waals surface area contributed by atoms with Gasteiger partial charge >= 0.3 is 0 Å². The van der Waals surface area contributed by atoms with Crippen LogP contribution in [0.3, 0.4) is 0 Å². The molecule has 2 unspecified atom stereocenters. The molecule has 0 aliphatic rings. The number of benzene rings is 2. The molecule has 6 heteroatoms. The lowest BCUT2D eigenvalue weighted by molar-refractivity contribution is 0.388. The molecule has 2 atom stereocenters. The Balaban J connectivity index is 0.000000960. The average molecular weight is 417 g/mol. The van der Waals surface area contributed by atoms with E-state index in [1.807, 2.05) is 24.3 Å². The lowest BCUT2D eigenvalue weighted by Crippen LogP contribution is -2.13. The zero-order valence-electron chi connectivity index (χ0n) is 17.3. The molecule has 2 aromatic carbocycles. The van der Waals surface area contributed by atoms with Crippen molar-refractivity contribution in [2.24, 2.45) is 17.0 Å². The Morgan fingerprint density at radius 2 is 1.38 bits per heavy atom. The minimum atomic E-state index is -2.36. The van der Waals surface area contributed by atoms with E-state index in [2.05, 4.69) is 42.2 Å². The van der Waals surface area contributed by atoms with Gasteiger partial charge in [0.2, 0.25) is 0 Å². The van der Waals surface area contributed by atoms with Crippen molar-refractivity contribution < 1.29 is 18.2 Å². The van der Waals surface area contributed by atoms with Crippen LogP contribution >= 0.6 is 0 Å². The SMILES string of the molecule is C#CCC(C)CC(Cc1ccc(OC)cc1)Cc1ccc(OC)cc1.NS(=O)[O-]. The van der Waals surface area contributed by atoms with Gasteiger partial charge in [0.1, 0.15) is 11.5 Å². The second-order valence-corrected chi connectivity index (χ2v) is 7.50. The maximum absolute atomic E-state index is 8.78. The summed E-state index contributed by atoms with van der Waals surface area (Å²) in [6, 6.07) is 16.8. The van der Waals surface area contributed by atoms with Crippen LogP contribution in [-0.2, 0) is 24.1 Å². The molecule has 2 aromatic rings. The lowest BCUT2D eigenvalue weighted by atomic mass is 9.84. The lowest BCUT2D eigenvalue weighted by Gasteiger charge is -2.21. The van der Waals surface area contributed by atoms with Gasteiger partial charge in [-0.05, 0) is 66.5 Å².